The third kappa shape index (κ3) is 3.83. The maximum atomic E-state index is 13.7. The molecular weight excluding hydrogens is 438 g/mol. The molecule has 0 amide bonds. The number of carbonyl (C=O) groups is 1. The van der Waals surface area contributed by atoms with E-state index in [9.17, 15) is 4.79 Å². The fourth-order valence-electron chi connectivity index (χ4n) is 5.05. The van der Waals surface area contributed by atoms with Crippen LogP contribution in [0, 0.1) is 6.92 Å². The lowest BCUT2D eigenvalue weighted by Gasteiger charge is -2.46. The summed E-state index contributed by atoms with van der Waals surface area (Å²) >= 11 is 0. The van der Waals surface area contributed by atoms with Gasteiger partial charge in [0.05, 0.1) is 18.9 Å². The fourth-order valence-corrected chi connectivity index (χ4v) is 5.05. The van der Waals surface area contributed by atoms with E-state index in [0.717, 1.165) is 23.4 Å². The van der Waals surface area contributed by atoms with Gasteiger partial charge < -0.3 is 14.4 Å². The average molecular weight is 470 g/mol. The summed E-state index contributed by atoms with van der Waals surface area (Å²) in [7, 11) is 0. The first-order chi connectivity index (χ1) is 17.0. The Morgan fingerprint density at radius 1 is 0.971 bits per heavy atom. The number of Topliss-reactive ketones (excluding diaryl/α,β-unsaturated/α-hetero) is 1. The van der Waals surface area contributed by atoms with Gasteiger partial charge in [0.15, 0.2) is 23.0 Å². The Balaban J connectivity index is 1.68. The summed E-state index contributed by atoms with van der Waals surface area (Å²) in [5, 5.41) is 6.95. The molecule has 180 valence electrons. The van der Waals surface area contributed by atoms with Crippen LogP contribution in [0.3, 0.4) is 0 Å². The molecular formula is C29H31N3O3. The van der Waals surface area contributed by atoms with Crippen molar-refractivity contribution in [3.05, 3.63) is 89.0 Å². The molecule has 5 rings (SSSR count). The minimum Gasteiger partial charge on any atom is -0.490 e. The van der Waals surface area contributed by atoms with E-state index < -0.39 is 5.66 Å². The molecule has 2 aliphatic heterocycles. The van der Waals surface area contributed by atoms with Crippen LogP contribution in [0.1, 0.15) is 47.8 Å². The monoisotopic (exact) mass is 469 g/mol. The van der Waals surface area contributed by atoms with Gasteiger partial charge in [-0.2, -0.15) is 0 Å². The lowest BCUT2D eigenvalue weighted by molar-refractivity contribution is 0.103. The molecule has 0 spiro atoms. The van der Waals surface area contributed by atoms with Crippen LogP contribution < -0.4 is 14.5 Å². The maximum Gasteiger partial charge on any atom is 0.229 e. The summed E-state index contributed by atoms with van der Waals surface area (Å²) in [6.45, 7) is 9.92. The molecule has 35 heavy (non-hydrogen) atoms. The van der Waals surface area contributed by atoms with Crippen molar-refractivity contribution in [2.45, 2.75) is 39.8 Å². The largest absolute Gasteiger partial charge is 0.490 e. The van der Waals surface area contributed by atoms with Gasteiger partial charge in [0.1, 0.15) is 0 Å². The first-order valence-electron chi connectivity index (χ1n) is 12.2. The summed E-state index contributed by atoms with van der Waals surface area (Å²) < 4.78 is 11.9. The number of nitrogens with zero attached hydrogens (tertiary/aromatic N) is 3. The molecule has 6 heteroatoms. The second-order valence-corrected chi connectivity index (χ2v) is 9.01. The molecule has 0 N–H and O–H groups in total. The molecule has 0 aliphatic carbocycles. The number of benzene rings is 3. The number of hydrogen-bond donors (Lipinski definition) is 0. The van der Waals surface area contributed by atoms with E-state index in [1.54, 1.807) is 0 Å². The summed E-state index contributed by atoms with van der Waals surface area (Å²) in [4.78, 5) is 15.8. The summed E-state index contributed by atoms with van der Waals surface area (Å²) in [5.41, 5.74) is 4.28. The van der Waals surface area contributed by atoms with Gasteiger partial charge in [-0.1, -0.05) is 48.0 Å². The highest BCUT2D eigenvalue weighted by atomic mass is 16.5. The first kappa shape index (κ1) is 23.0. The van der Waals surface area contributed by atoms with Gasteiger partial charge in [-0.15, -0.1) is 5.10 Å². The van der Waals surface area contributed by atoms with Gasteiger partial charge in [0.2, 0.25) is 5.78 Å². The van der Waals surface area contributed by atoms with Gasteiger partial charge in [0.25, 0.3) is 0 Å². The number of rotatable bonds is 7. The second kappa shape index (κ2) is 9.10. The Bertz CT molecular complexity index is 1270. The van der Waals surface area contributed by atoms with E-state index >= 15 is 0 Å². The molecule has 3 aromatic carbocycles. The number of ether oxygens (including phenoxy) is 2. The van der Waals surface area contributed by atoms with Crippen molar-refractivity contribution in [1.29, 1.82) is 0 Å². The quantitative estimate of drug-likeness (QED) is 0.425. The zero-order valence-corrected chi connectivity index (χ0v) is 20.7. The van der Waals surface area contributed by atoms with Crippen LogP contribution in [0.5, 0.6) is 11.5 Å². The number of ketones is 1. The lowest BCUT2D eigenvalue weighted by Crippen LogP contribution is -2.55. The average Bonchev–Trinajstić information content (AvgIpc) is 3.19. The summed E-state index contributed by atoms with van der Waals surface area (Å²) in [6.07, 6.45) is 0.778. The number of amidine groups is 1. The normalized spacial score (nSPS) is 18.6. The minimum absolute atomic E-state index is 0.0779. The molecule has 0 radical (unpaired) electrons. The van der Waals surface area contributed by atoms with Crippen molar-refractivity contribution < 1.29 is 14.3 Å². The molecule has 2 aliphatic rings. The van der Waals surface area contributed by atoms with Crippen molar-refractivity contribution in [3.63, 3.8) is 0 Å². The van der Waals surface area contributed by atoms with E-state index in [1.807, 2.05) is 49.2 Å². The van der Waals surface area contributed by atoms with Crippen molar-refractivity contribution in [1.82, 2.24) is 4.90 Å². The van der Waals surface area contributed by atoms with Gasteiger partial charge in [-0.25, -0.2) is 5.01 Å². The van der Waals surface area contributed by atoms with Gasteiger partial charge in [-0.3, -0.25) is 4.79 Å². The zero-order chi connectivity index (χ0) is 24.6. The highest BCUT2D eigenvalue weighted by Crippen LogP contribution is 2.48. The minimum atomic E-state index is -0.695. The van der Waals surface area contributed by atoms with Crippen molar-refractivity contribution >= 4 is 17.3 Å². The van der Waals surface area contributed by atoms with Crippen molar-refractivity contribution in [2.24, 2.45) is 5.10 Å². The number of carbonyl (C=O) groups excluding carboxylic acids is 1. The zero-order valence-electron chi connectivity index (χ0n) is 20.7. The van der Waals surface area contributed by atoms with E-state index in [-0.39, 0.29) is 5.78 Å². The van der Waals surface area contributed by atoms with Crippen LogP contribution in [-0.4, -0.2) is 36.3 Å². The molecule has 0 bridgehead atoms. The molecule has 0 saturated carbocycles. The molecule has 0 aromatic heterocycles. The van der Waals surface area contributed by atoms with Crippen LogP contribution in [0.4, 0.5) is 5.69 Å². The SMILES string of the molecule is CCOc1cc2c(cc1OCC)C1(C)N(CC2)C(C(=O)c2ccccc2)=NN1c1ccc(C)cc1. The smallest absolute Gasteiger partial charge is 0.229 e. The third-order valence-electron chi connectivity index (χ3n) is 6.79. The molecule has 0 fully saturated rings. The first-order valence-corrected chi connectivity index (χ1v) is 12.2. The molecule has 3 aromatic rings. The molecule has 0 saturated heterocycles. The predicted molar refractivity (Wildman–Crippen MR) is 138 cm³/mol. The Morgan fingerprint density at radius 3 is 2.29 bits per heavy atom. The Labute approximate surface area is 206 Å². The van der Waals surface area contributed by atoms with Crippen molar-refractivity contribution in [3.8, 4) is 11.5 Å². The Morgan fingerprint density at radius 2 is 1.63 bits per heavy atom. The molecule has 1 atom stereocenters. The topological polar surface area (TPSA) is 54.4 Å². The van der Waals surface area contributed by atoms with Gasteiger partial charge >= 0.3 is 0 Å². The van der Waals surface area contributed by atoms with Crippen LogP contribution >= 0.6 is 0 Å². The number of hydrogen-bond acceptors (Lipinski definition) is 6. The lowest BCUT2D eigenvalue weighted by atomic mass is 9.86. The molecule has 1 unspecified atom stereocenters. The highest BCUT2D eigenvalue weighted by molar-refractivity contribution is 6.45. The van der Waals surface area contributed by atoms with E-state index in [1.165, 1.54) is 11.1 Å². The van der Waals surface area contributed by atoms with Crippen LogP contribution in [-0.2, 0) is 12.1 Å². The fraction of sp³-hybridized carbons (Fsp3) is 0.310. The Kier molecular flexibility index (Phi) is 5.97. The standard InChI is InChI=1S/C29H31N3O3/c1-5-34-25-18-22-16-17-31-28(27(33)21-10-8-7-9-11-21)30-32(23-14-12-20(3)13-15-23)29(31,4)24(22)19-26(25)35-6-2/h7-15,18-19H,5-6,16-17H2,1-4H3. The summed E-state index contributed by atoms with van der Waals surface area (Å²) in [5.74, 6) is 1.84. The second-order valence-electron chi connectivity index (χ2n) is 9.01. The van der Waals surface area contributed by atoms with Crippen molar-refractivity contribution in [2.75, 3.05) is 24.8 Å². The summed E-state index contributed by atoms with van der Waals surface area (Å²) in [6, 6.07) is 21.8. The maximum absolute atomic E-state index is 13.7. The van der Waals surface area contributed by atoms with Crippen LogP contribution in [0.25, 0.3) is 0 Å². The predicted octanol–water partition coefficient (Wildman–Crippen LogP) is 5.54. The number of fused-ring (bicyclic) bond motifs is 3. The van der Waals surface area contributed by atoms with E-state index in [2.05, 4.69) is 55.1 Å². The van der Waals surface area contributed by atoms with Crippen LogP contribution in [0.15, 0.2) is 71.8 Å². The third-order valence-corrected chi connectivity index (χ3v) is 6.79. The highest BCUT2D eigenvalue weighted by Gasteiger charge is 2.52. The van der Waals surface area contributed by atoms with Gasteiger partial charge in [0, 0.05) is 17.7 Å². The van der Waals surface area contributed by atoms with E-state index in [4.69, 9.17) is 14.6 Å². The van der Waals surface area contributed by atoms with Crippen LogP contribution in [0.2, 0.25) is 0 Å². The molecule has 2 heterocycles. The Hall–Kier alpha value is -3.80. The van der Waals surface area contributed by atoms with Gasteiger partial charge in [-0.05, 0) is 63.9 Å². The number of aryl methyl sites for hydroxylation is 1. The number of hydrazone groups is 1. The molecule has 6 nitrogen and oxygen atoms in total. The number of anilines is 1. The van der Waals surface area contributed by atoms with E-state index in [0.29, 0.717) is 36.9 Å².